The Kier molecular flexibility index (Phi) is 9.67. The highest BCUT2D eigenvalue weighted by molar-refractivity contribution is 4.81. The van der Waals surface area contributed by atoms with Crippen molar-refractivity contribution in [1.82, 2.24) is 15.1 Å². The SMILES string of the molecule is CCCN(CCC(NCC)C(C)(C)C)CCN(C)C. The molecule has 0 aromatic heterocycles. The van der Waals surface area contributed by atoms with Crippen LogP contribution in [-0.4, -0.2) is 62.7 Å². The highest BCUT2D eigenvalue weighted by Gasteiger charge is 2.23. The predicted molar refractivity (Wildman–Crippen MR) is 86.8 cm³/mol. The van der Waals surface area contributed by atoms with Crippen molar-refractivity contribution in [3.8, 4) is 0 Å². The maximum atomic E-state index is 3.65. The van der Waals surface area contributed by atoms with E-state index in [4.69, 9.17) is 0 Å². The fourth-order valence-corrected chi connectivity index (χ4v) is 2.39. The van der Waals surface area contributed by atoms with Gasteiger partial charge in [-0.25, -0.2) is 0 Å². The molecule has 0 saturated carbocycles. The number of nitrogens with one attached hydrogen (secondary N) is 1. The second kappa shape index (κ2) is 9.73. The number of hydrogen-bond acceptors (Lipinski definition) is 3. The molecule has 0 fully saturated rings. The van der Waals surface area contributed by atoms with Crippen LogP contribution in [0.1, 0.15) is 47.5 Å². The van der Waals surface area contributed by atoms with E-state index in [1.165, 1.54) is 32.5 Å². The van der Waals surface area contributed by atoms with Crippen LogP contribution in [0.25, 0.3) is 0 Å². The summed E-state index contributed by atoms with van der Waals surface area (Å²) in [6.45, 7) is 17.3. The second-order valence-electron chi connectivity index (χ2n) is 6.91. The van der Waals surface area contributed by atoms with Gasteiger partial charge in [0.1, 0.15) is 0 Å². The Bertz CT molecular complexity index is 209. The van der Waals surface area contributed by atoms with E-state index in [2.05, 4.69) is 63.8 Å². The molecule has 3 nitrogen and oxygen atoms in total. The summed E-state index contributed by atoms with van der Waals surface area (Å²) < 4.78 is 0. The van der Waals surface area contributed by atoms with E-state index in [0.29, 0.717) is 11.5 Å². The molecule has 0 spiro atoms. The topological polar surface area (TPSA) is 18.5 Å². The van der Waals surface area contributed by atoms with Crippen molar-refractivity contribution in [3.63, 3.8) is 0 Å². The third-order valence-electron chi connectivity index (χ3n) is 3.63. The van der Waals surface area contributed by atoms with Crippen LogP contribution in [0.3, 0.4) is 0 Å². The Morgan fingerprint density at radius 1 is 0.947 bits per heavy atom. The van der Waals surface area contributed by atoms with Crippen LogP contribution in [0.15, 0.2) is 0 Å². The maximum Gasteiger partial charge on any atom is 0.0128 e. The van der Waals surface area contributed by atoms with E-state index < -0.39 is 0 Å². The lowest BCUT2D eigenvalue weighted by Gasteiger charge is -2.34. The van der Waals surface area contributed by atoms with Gasteiger partial charge < -0.3 is 15.1 Å². The molecule has 0 aromatic carbocycles. The van der Waals surface area contributed by atoms with Crippen molar-refractivity contribution in [3.05, 3.63) is 0 Å². The number of nitrogens with zero attached hydrogens (tertiary/aromatic N) is 2. The minimum atomic E-state index is 0.343. The molecule has 0 bridgehead atoms. The van der Waals surface area contributed by atoms with Crippen LogP contribution in [0, 0.1) is 5.41 Å². The lowest BCUT2D eigenvalue weighted by molar-refractivity contribution is 0.194. The fraction of sp³-hybridized carbons (Fsp3) is 1.00. The Hall–Kier alpha value is -0.120. The number of hydrogen-bond donors (Lipinski definition) is 1. The van der Waals surface area contributed by atoms with Crippen LogP contribution in [-0.2, 0) is 0 Å². The summed E-state index contributed by atoms with van der Waals surface area (Å²) in [7, 11) is 4.31. The standard InChI is InChI=1S/C16H37N3/c1-8-11-19(14-13-18(6)7)12-10-15(17-9-2)16(3,4)5/h15,17H,8-14H2,1-7H3. The zero-order valence-electron chi connectivity index (χ0n) is 14.4. The van der Waals surface area contributed by atoms with Gasteiger partial charge in [-0.2, -0.15) is 0 Å². The van der Waals surface area contributed by atoms with Gasteiger partial charge in [0.2, 0.25) is 0 Å². The first-order valence-electron chi connectivity index (χ1n) is 7.91. The van der Waals surface area contributed by atoms with Crippen LogP contribution in [0.5, 0.6) is 0 Å². The molecule has 0 aliphatic rings. The maximum absolute atomic E-state index is 3.65. The highest BCUT2D eigenvalue weighted by atomic mass is 15.2. The molecule has 0 rings (SSSR count). The van der Waals surface area contributed by atoms with Gasteiger partial charge in [-0.3, -0.25) is 0 Å². The molecule has 0 aliphatic carbocycles. The van der Waals surface area contributed by atoms with Crippen molar-refractivity contribution in [1.29, 1.82) is 0 Å². The lowest BCUT2D eigenvalue weighted by atomic mass is 9.84. The first kappa shape index (κ1) is 18.9. The van der Waals surface area contributed by atoms with Crippen LogP contribution in [0.2, 0.25) is 0 Å². The third-order valence-corrected chi connectivity index (χ3v) is 3.63. The molecular formula is C16H37N3. The Morgan fingerprint density at radius 2 is 1.58 bits per heavy atom. The van der Waals surface area contributed by atoms with Crippen molar-refractivity contribution in [2.45, 2.75) is 53.5 Å². The van der Waals surface area contributed by atoms with Crippen LogP contribution in [0.4, 0.5) is 0 Å². The average molecular weight is 271 g/mol. The molecule has 0 radical (unpaired) electrons. The average Bonchev–Trinajstić information content (AvgIpc) is 2.29. The van der Waals surface area contributed by atoms with Gasteiger partial charge in [-0.1, -0.05) is 34.6 Å². The largest absolute Gasteiger partial charge is 0.314 e. The van der Waals surface area contributed by atoms with Gasteiger partial charge in [-0.05, 0) is 52.0 Å². The quantitative estimate of drug-likeness (QED) is 0.659. The summed E-state index contributed by atoms with van der Waals surface area (Å²) >= 11 is 0. The van der Waals surface area contributed by atoms with Gasteiger partial charge in [0.25, 0.3) is 0 Å². The summed E-state index contributed by atoms with van der Waals surface area (Å²) in [5, 5.41) is 3.65. The summed E-state index contributed by atoms with van der Waals surface area (Å²) in [6.07, 6.45) is 2.49. The van der Waals surface area contributed by atoms with E-state index in [1.807, 2.05) is 0 Å². The number of rotatable bonds is 10. The smallest absolute Gasteiger partial charge is 0.0128 e. The van der Waals surface area contributed by atoms with E-state index in [9.17, 15) is 0 Å². The van der Waals surface area contributed by atoms with Gasteiger partial charge in [0.05, 0.1) is 0 Å². The zero-order valence-corrected chi connectivity index (χ0v) is 14.4. The third kappa shape index (κ3) is 9.42. The minimum absolute atomic E-state index is 0.343. The second-order valence-corrected chi connectivity index (χ2v) is 6.91. The molecule has 0 heterocycles. The fourth-order valence-electron chi connectivity index (χ4n) is 2.39. The molecule has 1 unspecified atom stereocenters. The van der Waals surface area contributed by atoms with Crippen molar-refractivity contribution < 1.29 is 0 Å². The first-order valence-corrected chi connectivity index (χ1v) is 7.91. The molecule has 1 atom stereocenters. The minimum Gasteiger partial charge on any atom is -0.314 e. The van der Waals surface area contributed by atoms with Crippen LogP contribution < -0.4 is 5.32 Å². The summed E-state index contributed by atoms with van der Waals surface area (Å²) in [4.78, 5) is 4.88. The molecular weight excluding hydrogens is 234 g/mol. The van der Waals surface area contributed by atoms with Gasteiger partial charge in [0, 0.05) is 19.1 Å². The highest BCUT2D eigenvalue weighted by Crippen LogP contribution is 2.22. The molecule has 0 amide bonds. The lowest BCUT2D eigenvalue weighted by Crippen LogP contribution is -2.43. The predicted octanol–water partition coefficient (Wildman–Crippen LogP) is 2.67. The van der Waals surface area contributed by atoms with E-state index in [1.54, 1.807) is 0 Å². The van der Waals surface area contributed by atoms with Gasteiger partial charge in [-0.15, -0.1) is 0 Å². The monoisotopic (exact) mass is 271 g/mol. The molecule has 3 heteroatoms. The normalized spacial score (nSPS) is 14.4. The summed E-state index contributed by atoms with van der Waals surface area (Å²) in [5.41, 5.74) is 0.343. The molecule has 19 heavy (non-hydrogen) atoms. The molecule has 0 aromatic rings. The zero-order chi connectivity index (χ0) is 14.9. The Balaban J connectivity index is 4.25. The molecule has 0 saturated heterocycles. The van der Waals surface area contributed by atoms with Gasteiger partial charge >= 0.3 is 0 Å². The molecule has 116 valence electrons. The Labute approximate surface area is 121 Å². The summed E-state index contributed by atoms with van der Waals surface area (Å²) in [5.74, 6) is 0. The Morgan fingerprint density at radius 3 is 2.00 bits per heavy atom. The van der Waals surface area contributed by atoms with Crippen molar-refractivity contribution in [2.24, 2.45) is 5.41 Å². The summed E-state index contributed by atoms with van der Waals surface area (Å²) in [6, 6.07) is 0.608. The molecule has 1 N–H and O–H groups in total. The molecule has 0 aliphatic heterocycles. The van der Waals surface area contributed by atoms with Gasteiger partial charge in [0.15, 0.2) is 0 Å². The first-order chi connectivity index (χ1) is 8.81. The van der Waals surface area contributed by atoms with Crippen molar-refractivity contribution in [2.75, 3.05) is 46.8 Å². The van der Waals surface area contributed by atoms with E-state index in [0.717, 1.165) is 13.1 Å². The number of likely N-dealkylation sites (N-methyl/N-ethyl adjacent to an activating group) is 1. The van der Waals surface area contributed by atoms with E-state index in [-0.39, 0.29) is 0 Å². The van der Waals surface area contributed by atoms with E-state index >= 15 is 0 Å². The van der Waals surface area contributed by atoms with Crippen molar-refractivity contribution >= 4 is 0 Å². The van der Waals surface area contributed by atoms with Crippen LogP contribution >= 0.6 is 0 Å².